The first-order chi connectivity index (χ1) is 15.9. The van der Waals surface area contributed by atoms with Crippen LogP contribution in [-0.2, 0) is 9.59 Å². The minimum absolute atomic E-state index is 0.0715. The number of benzene rings is 3. The predicted octanol–water partition coefficient (Wildman–Crippen LogP) is 4.53. The molecule has 4 rings (SSSR count). The van der Waals surface area contributed by atoms with Gasteiger partial charge in [0, 0.05) is 16.3 Å². The summed E-state index contributed by atoms with van der Waals surface area (Å²) >= 11 is 1.22. The minimum Gasteiger partial charge on any atom is -0.479 e. The smallest absolute Gasteiger partial charge is 0.265 e. The van der Waals surface area contributed by atoms with Gasteiger partial charge in [-0.25, -0.2) is 4.39 Å². The predicted molar refractivity (Wildman–Crippen MR) is 125 cm³/mol. The molecule has 1 aliphatic rings. The van der Waals surface area contributed by atoms with Crippen molar-refractivity contribution >= 4 is 46.5 Å². The van der Waals surface area contributed by atoms with Crippen LogP contribution in [0.3, 0.4) is 0 Å². The van der Waals surface area contributed by atoms with Gasteiger partial charge < -0.3 is 20.7 Å². The summed E-state index contributed by atoms with van der Waals surface area (Å²) in [5.74, 6) is -0.669. The Balaban J connectivity index is 1.41. The van der Waals surface area contributed by atoms with Crippen molar-refractivity contribution in [2.45, 2.75) is 17.9 Å². The zero-order valence-corrected chi connectivity index (χ0v) is 18.4. The van der Waals surface area contributed by atoms with Gasteiger partial charge in [0.25, 0.3) is 11.8 Å². The van der Waals surface area contributed by atoms with E-state index in [2.05, 4.69) is 16.0 Å². The molecule has 0 radical (unpaired) electrons. The maximum absolute atomic E-state index is 13.0. The second-order valence-corrected chi connectivity index (χ2v) is 8.27. The Bertz CT molecular complexity index is 1220. The number of amides is 3. The van der Waals surface area contributed by atoms with Crippen LogP contribution in [-0.4, -0.2) is 29.6 Å². The van der Waals surface area contributed by atoms with E-state index in [1.165, 1.54) is 36.0 Å². The van der Waals surface area contributed by atoms with Crippen molar-refractivity contribution in [1.82, 2.24) is 0 Å². The average Bonchev–Trinajstić information content (AvgIpc) is 2.80. The highest BCUT2D eigenvalue weighted by Crippen LogP contribution is 2.32. The molecule has 3 aromatic carbocycles. The SMILES string of the molecule is C[C@@H]1Oc2ccc(NC(=O)c3ccccc3SCC(=O)Nc3ccc(F)cc3)cc2NC1=O. The summed E-state index contributed by atoms with van der Waals surface area (Å²) in [6.45, 7) is 1.66. The number of carbonyl (C=O) groups excluding carboxylic acids is 3. The number of hydrogen-bond donors (Lipinski definition) is 3. The molecule has 1 atom stereocenters. The van der Waals surface area contributed by atoms with Crippen LogP contribution in [0.1, 0.15) is 17.3 Å². The summed E-state index contributed by atoms with van der Waals surface area (Å²) in [4.78, 5) is 37.6. The number of ether oxygens (including phenoxy) is 1. The van der Waals surface area contributed by atoms with Crippen LogP contribution in [0.15, 0.2) is 71.6 Å². The van der Waals surface area contributed by atoms with Gasteiger partial charge in [0.2, 0.25) is 5.91 Å². The number of rotatable bonds is 6. The van der Waals surface area contributed by atoms with E-state index in [0.717, 1.165) is 0 Å². The van der Waals surface area contributed by atoms with Crippen molar-refractivity contribution in [3.63, 3.8) is 0 Å². The molecule has 3 amide bonds. The van der Waals surface area contributed by atoms with E-state index in [0.29, 0.717) is 33.3 Å². The van der Waals surface area contributed by atoms with Crippen molar-refractivity contribution in [2.75, 3.05) is 21.7 Å². The first-order valence-corrected chi connectivity index (χ1v) is 11.1. The van der Waals surface area contributed by atoms with Crippen LogP contribution < -0.4 is 20.7 Å². The molecule has 3 N–H and O–H groups in total. The fourth-order valence-electron chi connectivity index (χ4n) is 3.14. The Morgan fingerprint density at radius 2 is 1.76 bits per heavy atom. The summed E-state index contributed by atoms with van der Waals surface area (Å²) in [5, 5.41) is 8.25. The van der Waals surface area contributed by atoms with Crippen molar-refractivity contribution in [3.05, 3.63) is 78.1 Å². The second kappa shape index (κ2) is 9.74. The van der Waals surface area contributed by atoms with Crippen molar-refractivity contribution in [3.8, 4) is 5.75 Å². The number of carbonyl (C=O) groups is 3. The first kappa shape index (κ1) is 22.3. The lowest BCUT2D eigenvalue weighted by Gasteiger charge is -2.23. The normalized spacial score (nSPS) is 14.5. The van der Waals surface area contributed by atoms with E-state index in [1.54, 1.807) is 49.4 Å². The molecule has 1 heterocycles. The summed E-state index contributed by atoms with van der Waals surface area (Å²) < 4.78 is 18.5. The molecule has 0 unspecified atom stereocenters. The summed E-state index contributed by atoms with van der Waals surface area (Å²) in [5.41, 5.74) is 1.87. The topological polar surface area (TPSA) is 96.5 Å². The molecule has 0 saturated heterocycles. The molecule has 1 aliphatic heterocycles. The molecule has 0 saturated carbocycles. The lowest BCUT2D eigenvalue weighted by atomic mass is 10.2. The molecule has 0 spiro atoms. The van der Waals surface area contributed by atoms with Gasteiger partial charge in [0.05, 0.1) is 17.0 Å². The quantitative estimate of drug-likeness (QED) is 0.465. The Morgan fingerprint density at radius 1 is 1.03 bits per heavy atom. The lowest BCUT2D eigenvalue weighted by molar-refractivity contribution is -0.122. The van der Waals surface area contributed by atoms with Gasteiger partial charge in [-0.3, -0.25) is 14.4 Å². The molecule has 0 fully saturated rings. The van der Waals surface area contributed by atoms with E-state index in [1.807, 2.05) is 0 Å². The molecule has 0 bridgehead atoms. The molecule has 9 heteroatoms. The third-order valence-electron chi connectivity index (χ3n) is 4.79. The van der Waals surface area contributed by atoms with E-state index in [9.17, 15) is 18.8 Å². The van der Waals surface area contributed by atoms with Crippen LogP contribution >= 0.6 is 11.8 Å². The van der Waals surface area contributed by atoms with Gasteiger partial charge in [-0.15, -0.1) is 11.8 Å². The zero-order valence-electron chi connectivity index (χ0n) is 17.6. The number of hydrogen-bond acceptors (Lipinski definition) is 5. The third kappa shape index (κ3) is 5.50. The first-order valence-electron chi connectivity index (χ1n) is 10.1. The molecule has 0 aliphatic carbocycles. The minimum atomic E-state index is -0.581. The van der Waals surface area contributed by atoms with Gasteiger partial charge in [-0.05, 0) is 61.5 Å². The zero-order chi connectivity index (χ0) is 23.4. The summed E-state index contributed by atoms with van der Waals surface area (Å²) in [6, 6.07) is 17.4. The van der Waals surface area contributed by atoms with Gasteiger partial charge in [0.1, 0.15) is 11.6 Å². The second-order valence-electron chi connectivity index (χ2n) is 7.25. The van der Waals surface area contributed by atoms with Crippen LogP contribution in [0.25, 0.3) is 0 Å². The Hall–Kier alpha value is -3.85. The van der Waals surface area contributed by atoms with Crippen molar-refractivity contribution < 1.29 is 23.5 Å². The van der Waals surface area contributed by atoms with Gasteiger partial charge in [-0.2, -0.15) is 0 Å². The maximum atomic E-state index is 13.0. The number of halogens is 1. The fraction of sp³-hybridized carbons (Fsp3) is 0.125. The number of thioether (sulfide) groups is 1. The number of nitrogens with one attached hydrogen (secondary N) is 3. The fourth-order valence-corrected chi connectivity index (χ4v) is 3.99. The Labute approximate surface area is 193 Å². The van der Waals surface area contributed by atoms with E-state index >= 15 is 0 Å². The molecule has 0 aromatic heterocycles. The highest BCUT2D eigenvalue weighted by atomic mass is 32.2. The van der Waals surface area contributed by atoms with Crippen molar-refractivity contribution in [2.24, 2.45) is 0 Å². The lowest BCUT2D eigenvalue weighted by Crippen LogP contribution is -2.34. The average molecular weight is 466 g/mol. The highest BCUT2D eigenvalue weighted by Gasteiger charge is 2.24. The Morgan fingerprint density at radius 3 is 2.55 bits per heavy atom. The van der Waals surface area contributed by atoms with E-state index in [-0.39, 0.29) is 29.3 Å². The molecule has 7 nitrogen and oxygen atoms in total. The van der Waals surface area contributed by atoms with Crippen LogP contribution in [0, 0.1) is 5.82 Å². The number of fused-ring (bicyclic) bond motifs is 1. The van der Waals surface area contributed by atoms with E-state index in [4.69, 9.17) is 4.74 Å². The largest absolute Gasteiger partial charge is 0.479 e. The van der Waals surface area contributed by atoms with Gasteiger partial charge >= 0.3 is 0 Å². The Kier molecular flexibility index (Phi) is 6.60. The molecule has 168 valence electrons. The molecule has 33 heavy (non-hydrogen) atoms. The maximum Gasteiger partial charge on any atom is 0.265 e. The monoisotopic (exact) mass is 465 g/mol. The molecular formula is C24H20FN3O4S. The summed E-state index contributed by atoms with van der Waals surface area (Å²) in [6.07, 6.45) is -0.581. The summed E-state index contributed by atoms with van der Waals surface area (Å²) in [7, 11) is 0. The molecular weight excluding hydrogens is 445 g/mol. The van der Waals surface area contributed by atoms with Crippen LogP contribution in [0.2, 0.25) is 0 Å². The van der Waals surface area contributed by atoms with Gasteiger partial charge in [0.15, 0.2) is 6.10 Å². The van der Waals surface area contributed by atoms with Gasteiger partial charge in [-0.1, -0.05) is 12.1 Å². The number of anilines is 3. The van der Waals surface area contributed by atoms with Crippen LogP contribution in [0.5, 0.6) is 5.75 Å². The third-order valence-corrected chi connectivity index (χ3v) is 5.86. The standard InChI is InChI=1S/C24H20FN3O4S/c1-14-23(30)28-19-12-17(10-11-20(19)32-14)27-24(31)18-4-2-3-5-21(18)33-13-22(29)26-16-8-6-15(25)7-9-16/h2-12,14H,13H2,1H3,(H,26,29)(H,27,31)(H,28,30)/t14-/m0/s1. The van der Waals surface area contributed by atoms with E-state index < -0.39 is 6.10 Å². The molecule has 3 aromatic rings. The van der Waals surface area contributed by atoms with Crippen LogP contribution in [0.4, 0.5) is 21.5 Å². The highest BCUT2D eigenvalue weighted by molar-refractivity contribution is 8.00. The van der Waals surface area contributed by atoms with Crippen molar-refractivity contribution in [1.29, 1.82) is 0 Å².